The Labute approximate surface area is 77.6 Å². The summed E-state index contributed by atoms with van der Waals surface area (Å²) >= 11 is 1.85. The highest BCUT2D eigenvalue weighted by atomic mass is 32.1. The molecule has 2 aromatic rings. The molecule has 0 aliphatic heterocycles. The van der Waals surface area contributed by atoms with Crippen molar-refractivity contribution in [3.63, 3.8) is 0 Å². The molecule has 0 saturated carbocycles. The molecule has 0 radical (unpaired) electrons. The zero-order chi connectivity index (χ0) is 8.55. The van der Waals surface area contributed by atoms with Gasteiger partial charge in [-0.2, -0.15) is 0 Å². The van der Waals surface area contributed by atoms with Crippen LogP contribution in [0.2, 0.25) is 0 Å². The Balaban J connectivity index is 2.75. The lowest BCUT2D eigenvalue weighted by atomic mass is 9.96. The molecule has 2 heteroatoms. The van der Waals surface area contributed by atoms with Crippen molar-refractivity contribution in [3.8, 4) is 0 Å². The van der Waals surface area contributed by atoms with Gasteiger partial charge in [0.05, 0.1) is 0 Å². The van der Waals surface area contributed by atoms with Gasteiger partial charge in [-0.1, -0.05) is 24.0 Å². The molecule has 0 fully saturated rings. The summed E-state index contributed by atoms with van der Waals surface area (Å²) in [6.07, 6.45) is 1.14. The predicted octanol–water partition coefficient (Wildman–Crippen LogP) is 2.34. The van der Waals surface area contributed by atoms with Crippen molar-refractivity contribution >= 4 is 29.3 Å². The number of hydrogen-bond donors (Lipinski definition) is 0. The maximum atomic E-state index is 2.28. The lowest BCUT2D eigenvalue weighted by Gasteiger charge is -1.95. The average Bonchev–Trinajstić information content (AvgIpc) is 2.46. The molecule has 1 aromatic carbocycles. The first kappa shape index (κ1) is 7.87. The van der Waals surface area contributed by atoms with Gasteiger partial charge in [-0.25, -0.2) is 0 Å². The molecular formula is C10H11BS. The molecule has 60 valence electrons. The summed E-state index contributed by atoms with van der Waals surface area (Å²) in [7, 11) is 2.21. The van der Waals surface area contributed by atoms with Crippen LogP contribution in [-0.4, -0.2) is 7.85 Å². The second kappa shape index (κ2) is 2.94. The number of thiophene rings is 1. The fraction of sp³-hybridized carbons (Fsp3) is 0.200. The molecule has 0 N–H and O–H groups in total. The number of benzene rings is 1. The van der Waals surface area contributed by atoms with Gasteiger partial charge in [-0.15, -0.1) is 11.3 Å². The lowest BCUT2D eigenvalue weighted by Crippen LogP contribution is -1.79. The van der Waals surface area contributed by atoms with Crippen LogP contribution in [0.5, 0.6) is 0 Å². The van der Waals surface area contributed by atoms with Crippen LogP contribution in [0.15, 0.2) is 23.6 Å². The van der Waals surface area contributed by atoms with Crippen LogP contribution in [0.4, 0.5) is 0 Å². The van der Waals surface area contributed by atoms with Crippen molar-refractivity contribution in [1.29, 1.82) is 0 Å². The Hall–Kier alpha value is -0.755. The van der Waals surface area contributed by atoms with E-state index in [1.807, 2.05) is 11.3 Å². The van der Waals surface area contributed by atoms with E-state index in [1.165, 1.54) is 21.2 Å². The minimum absolute atomic E-state index is 1.14. The van der Waals surface area contributed by atoms with Crippen LogP contribution in [0, 0.1) is 6.92 Å². The van der Waals surface area contributed by atoms with Crippen LogP contribution < -0.4 is 0 Å². The lowest BCUT2D eigenvalue weighted by molar-refractivity contribution is 1.46. The SMILES string of the molecule is BCc1csc2ccc(C)cc12. The van der Waals surface area contributed by atoms with E-state index in [9.17, 15) is 0 Å². The molecule has 0 amide bonds. The molecule has 0 saturated heterocycles. The fourth-order valence-corrected chi connectivity index (χ4v) is 2.50. The number of aryl methyl sites for hydroxylation is 1. The summed E-state index contributed by atoms with van der Waals surface area (Å²) in [4.78, 5) is 0. The first-order valence-corrected chi connectivity index (χ1v) is 5.16. The molecule has 1 aromatic heterocycles. The van der Waals surface area contributed by atoms with Gasteiger partial charge < -0.3 is 0 Å². The van der Waals surface area contributed by atoms with Gasteiger partial charge >= 0.3 is 0 Å². The van der Waals surface area contributed by atoms with E-state index >= 15 is 0 Å². The van der Waals surface area contributed by atoms with E-state index in [0.717, 1.165) is 6.32 Å². The van der Waals surface area contributed by atoms with Gasteiger partial charge in [0, 0.05) is 4.70 Å². The number of fused-ring (bicyclic) bond motifs is 1. The summed E-state index contributed by atoms with van der Waals surface area (Å²) in [6.45, 7) is 2.15. The van der Waals surface area contributed by atoms with Gasteiger partial charge in [0.25, 0.3) is 0 Å². The summed E-state index contributed by atoms with van der Waals surface area (Å²) in [5, 5.41) is 3.71. The topological polar surface area (TPSA) is 0 Å². The van der Waals surface area contributed by atoms with Gasteiger partial charge in [-0.3, -0.25) is 0 Å². The molecule has 0 unspecified atom stereocenters. The fourth-order valence-electron chi connectivity index (χ4n) is 1.47. The highest BCUT2D eigenvalue weighted by Crippen LogP contribution is 2.26. The molecular weight excluding hydrogens is 163 g/mol. The maximum Gasteiger partial charge on any atom is 0.107 e. The molecule has 1 heterocycles. The quantitative estimate of drug-likeness (QED) is 0.582. The molecule has 12 heavy (non-hydrogen) atoms. The monoisotopic (exact) mass is 174 g/mol. The zero-order valence-electron chi connectivity index (χ0n) is 7.42. The van der Waals surface area contributed by atoms with E-state index < -0.39 is 0 Å². The molecule has 0 aliphatic carbocycles. The second-order valence-corrected chi connectivity index (χ2v) is 4.03. The predicted molar refractivity (Wildman–Crippen MR) is 58.8 cm³/mol. The van der Waals surface area contributed by atoms with Crippen molar-refractivity contribution in [3.05, 3.63) is 34.7 Å². The molecule has 0 bridgehead atoms. The first-order valence-electron chi connectivity index (χ1n) is 4.28. The van der Waals surface area contributed by atoms with Gasteiger partial charge in [0.1, 0.15) is 7.85 Å². The van der Waals surface area contributed by atoms with Crippen LogP contribution in [0.1, 0.15) is 11.1 Å². The Morgan fingerprint density at radius 3 is 3.00 bits per heavy atom. The largest absolute Gasteiger partial charge is 0.144 e. The Kier molecular flexibility index (Phi) is 1.93. The van der Waals surface area contributed by atoms with E-state index in [0.29, 0.717) is 0 Å². The standard InChI is InChI=1S/C10H11BS/c1-7-2-3-10-9(4-7)8(5-11)6-12-10/h2-4,6H,5,11H2,1H3. The van der Waals surface area contributed by atoms with Crippen molar-refractivity contribution in [2.45, 2.75) is 13.2 Å². The molecule has 0 aliphatic rings. The third-order valence-electron chi connectivity index (χ3n) is 2.19. The highest BCUT2D eigenvalue weighted by molar-refractivity contribution is 7.17. The van der Waals surface area contributed by atoms with Crippen molar-refractivity contribution in [2.24, 2.45) is 0 Å². The van der Waals surface area contributed by atoms with Crippen LogP contribution >= 0.6 is 11.3 Å². The van der Waals surface area contributed by atoms with Crippen molar-refractivity contribution in [1.82, 2.24) is 0 Å². The smallest absolute Gasteiger partial charge is 0.107 e. The third kappa shape index (κ3) is 1.16. The van der Waals surface area contributed by atoms with E-state index in [-0.39, 0.29) is 0 Å². The highest BCUT2D eigenvalue weighted by Gasteiger charge is 2.00. The van der Waals surface area contributed by atoms with E-state index in [2.05, 4.69) is 38.3 Å². The van der Waals surface area contributed by atoms with Gasteiger partial charge in [-0.05, 0) is 29.3 Å². The molecule has 0 nitrogen and oxygen atoms in total. The molecule has 0 atom stereocenters. The average molecular weight is 174 g/mol. The molecule has 2 rings (SSSR count). The van der Waals surface area contributed by atoms with Crippen LogP contribution in [0.3, 0.4) is 0 Å². The van der Waals surface area contributed by atoms with Gasteiger partial charge in [0.2, 0.25) is 0 Å². The number of rotatable bonds is 1. The van der Waals surface area contributed by atoms with Crippen molar-refractivity contribution in [2.75, 3.05) is 0 Å². The Morgan fingerprint density at radius 2 is 2.25 bits per heavy atom. The van der Waals surface area contributed by atoms with E-state index in [4.69, 9.17) is 0 Å². The summed E-state index contributed by atoms with van der Waals surface area (Å²) in [5.41, 5.74) is 2.84. The maximum absolute atomic E-state index is 2.28. The molecule has 0 spiro atoms. The normalized spacial score (nSPS) is 10.8. The number of hydrogen-bond acceptors (Lipinski definition) is 1. The summed E-state index contributed by atoms with van der Waals surface area (Å²) in [6, 6.07) is 6.68. The minimum atomic E-state index is 1.14. The third-order valence-corrected chi connectivity index (χ3v) is 3.20. The Morgan fingerprint density at radius 1 is 1.42 bits per heavy atom. The minimum Gasteiger partial charge on any atom is -0.144 e. The van der Waals surface area contributed by atoms with Crippen molar-refractivity contribution < 1.29 is 0 Å². The zero-order valence-corrected chi connectivity index (χ0v) is 8.24. The summed E-state index contributed by atoms with van der Waals surface area (Å²) in [5.74, 6) is 0. The summed E-state index contributed by atoms with van der Waals surface area (Å²) < 4.78 is 1.41. The van der Waals surface area contributed by atoms with Crippen LogP contribution in [-0.2, 0) is 6.32 Å². The van der Waals surface area contributed by atoms with Gasteiger partial charge in [0.15, 0.2) is 0 Å². The first-order chi connectivity index (χ1) is 5.81. The van der Waals surface area contributed by atoms with E-state index in [1.54, 1.807) is 0 Å². The van der Waals surface area contributed by atoms with Crippen LogP contribution in [0.25, 0.3) is 10.1 Å². The Bertz CT molecular complexity index is 403. The second-order valence-electron chi connectivity index (χ2n) is 3.11.